The predicted molar refractivity (Wildman–Crippen MR) is 118 cm³/mol. The van der Waals surface area contributed by atoms with Crippen molar-refractivity contribution in [3.63, 3.8) is 0 Å². The summed E-state index contributed by atoms with van der Waals surface area (Å²) in [5.41, 5.74) is 3.09. The van der Waals surface area contributed by atoms with E-state index in [1.165, 1.54) is 0 Å². The van der Waals surface area contributed by atoms with Gasteiger partial charge in [0.05, 0.1) is 23.8 Å². The van der Waals surface area contributed by atoms with Gasteiger partial charge in [0.15, 0.2) is 5.16 Å². The molecular formula is C22H24N2O2S2. The van der Waals surface area contributed by atoms with Gasteiger partial charge in [-0.05, 0) is 30.0 Å². The molecule has 0 N–H and O–H groups in total. The number of hydrogen-bond acceptors (Lipinski definition) is 5. The third-order valence-electron chi connectivity index (χ3n) is 5.14. The van der Waals surface area contributed by atoms with Gasteiger partial charge in [-0.25, -0.2) is 4.98 Å². The average Bonchev–Trinajstić information content (AvgIpc) is 3.05. The largest absolute Gasteiger partial charge is 0.372 e. The smallest absolute Gasteiger partial charge is 0.267 e. The minimum absolute atomic E-state index is 0.0211. The maximum atomic E-state index is 13.7. The first kappa shape index (κ1) is 19.4. The van der Waals surface area contributed by atoms with Crippen LogP contribution in [0, 0.1) is 12.8 Å². The number of hydrogen-bond donors (Lipinski definition) is 0. The Bertz CT molecular complexity index is 1100. The minimum atomic E-state index is 0.0211. The molecule has 4 nitrogen and oxygen atoms in total. The SMILES string of the molecule is C=CCSc1nc2sc3c(c2c(=O)n1-c1ccccc1C)CC(C(C)C)OC3. The molecule has 0 bridgehead atoms. The Kier molecular flexibility index (Phi) is 5.45. The molecule has 1 atom stereocenters. The highest BCUT2D eigenvalue weighted by atomic mass is 32.2. The van der Waals surface area contributed by atoms with E-state index in [1.807, 2.05) is 37.3 Å². The standard InChI is InChI=1S/C22H24N2O2S2/c1-5-10-27-22-23-20-19(15-11-17(13(2)3)26-12-18(15)28-20)21(25)24(22)16-9-7-6-8-14(16)4/h5-9,13,17H,1,10-12H2,2-4H3. The second-order valence-electron chi connectivity index (χ2n) is 7.40. The van der Waals surface area contributed by atoms with E-state index in [9.17, 15) is 4.79 Å². The average molecular weight is 413 g/mol. The molecule has 1 aliphatic heterocycles. The van der Waals surface area contributed by atoms with E-state index in [0.29, 0.717) is 23.4 Å². The lowest BCUT2D eigenvalue weighted by Gasteiger charge is -2.26. The van der Waals surface area contributed by atoms with Gasteiger partial charge in [-0.3, -0.25) is 9.36 Å². The topological polar surface area (TPSA) is 44.1 Å². The molecule has 0 radical (unpaired) electrons. The van der Waals surface area contributed by atoms with Gasteiger partial charge in [0.25, 0.3) is 5.56 Å². The zero-order chi connectivity index (χ0) is 19.8. The maximum absolute atomic E-state index is 13.7. The van der Waals surface area contributed by atoms with Gasteiger partial charge in [0.2, 0.25) is 0 Å². The van der Waals surface area contributed by atoms with Crippen LogP contribution in [0.1, 0.15) is 29.9 Å². The summed E-state index contributed by atoms with van der Waals surface area (Å²) in [4.78, 5) is 20.6. The Morgan fingerprint density at radius 2 is 2.21 bits per heavy atom. The quantitative estimate of drug-likeness (QED) is 0.331. The van der Waals surface area contributed by atoms with Crippen LogP contribution in [0.4, 0.5) is 0 Å². The summed E-state index contributed by atoms with van der Waals surface area (Å²) in [5.74, 6) is 1.12. The van der Waals surface area contributed by atoms with Crippen molar-refractivity contribution in [1.82, 2.24) is 9.55 Å². The lowest BCUT2D eigenvalue weighted by Crippen LogP contribution is -2.28. The highest BCUT2D eigenvalue weighted by Crippen LogP contribution is 2.36. The van der Waals surface area contributed by atoms with E-state index >= 15 is 0 Å². The molecule has 2 aromatic heterocycles. The molecular weight excluding hydrogens is 388 g/mol. The van der Waals surface area contributed by atoms with Gasteiger partial charge in [0, 0.05) is 17.1 Å². The van der Waals surface area contributed by atoms with Crippen LogP contribution in [0.3, 0.4) is 0 Å². The Hall–Kier alpha value is -1.89. The van der Waals surface area contributed by atoms with Crippen molar-refractivity contribution in [2.24, 2.45) is 5.92 Å². The molecule has 0 saturated carbocycles. The van der Waals surface area contributed by atoms with Gasteiger partial charge < -0.3 is 4.74 Å². The lowest BCUT2D eigenvalue weighted by atomic mass is 9.96. The molecule has 1 aliphatic rings. The first-order chi connectivity index (χ1) is 13.5. The lowest BCUT2D eigenvalue weighted by molar-refractivity contribution is 0.00200. The molecule has 1 aromatic carbocycles. The fraction of sp³-hybridized carbons (Fsp3) is 0.364. The molecule has 0 amide bonds. The monoisotopic (exact) mass is 412 g/mol. The summed E-state index contributed by atoms with van der Waals surface area (Å²) in [7, 11) is 0. The summed E-state index contributed by atoms with van der Waals surface area (Å²) in [6.07, 6.45) is 2.76. The van der Waals surface area contributed by atoms with E-state index < -0.39 is 0 Å². The number of aromatic nitrogens is 2. The van der Waals surface area contributed by atoms with Crippen molar-refractivity contribution in [2.75, 3.05) is 5.75 Å². The third-order valence-corrected chi connectivity index (χ3v) is 7.18. The van der Waals surface area contributed by atoms with Crippen LogP contribution in [0.15, 0.2) is 46.9 Å². The van der Waals surface area contributed by atoms with Crippen LogP contribution in [0.25, 0.3) is 15.9 Å². The number of para-hydroxylation sites is 1. The number of thioether (sulfide) groups is 1. The number of ether oxygens (including phenoxy) is 1. The van der Waals surface area contributed by atoms with E-state index in [4.69, 9.17) is 9.72 Å². The predicted octanol–water partition coefficient (Wildman–Crippen LogP) is 5.13. The van der Waals surface area contributed by atoms with Gasteiger partial charge in [0.1, 0.15) is 4.83 Å². The van der Waals surface area contributed by atoms with E-state index in [1.54, 1.807) is 27.7 Å². The normalized spacial score (nSPS) is 16.5. The summed E-state index contributed by atoms with van der Waals surface area (Å²) >= 11 is 3.13. The van der Waals surface area contributed by atoms with Crippen LogP contribution in [0.2, 0.25) is 0 Å². The molecule has 0 fully saturated rings. The molecule has 0 saturated heterocycles. The maximum Gasteiger partial charge on any atom is 0.267 e. The van der Waals surface area contributed by atoms with E-state index in [0.717, 1.165) is 38.3 Å². The Morgan fingerprint density at radius 3 is 2.93 bits per heavy atom. The van der Waals surface area contributed by atoms with Crippen LogP contribution in [-0.2, 0) is 17.8 Å². The number of fused-ring (bicyclic) bond motifs is 3. The zero-order valence-corrected chi connectivity index (χ0v) is 18.0. The summed E-state index contributed by atoms with van der Waals surface area (Å²) < 4.78 is 7.80. The fourth-order valence-corrected chi connectivity index (χ4v) is 5.50. The van der Waals surface area contributed by atoms with E-state index in [2.05, 4.69) is 20.4 Å². The Morgan fingerprint density at radius 1 is 1.43 bits per heavy atom. The van der Waals surface area contributed by atoms with Gasteiger partial charge in [-0.15, -0.1) is 17.9 Å². The molecule has 3 aromatic rings. The second kappa shape index (κ2) is 7.85. The van der Waals surface area contributed by atoms with Gasteiger partial charge in [-0.2, -0.15) is 0 Å². The number of thiophene rings is 1. The number of nitrogens with zero attached hydrogens (tertiary/aromatic N) is 2. The van der Waals surface area contributed by atoms with Crippen molar-refractivity contribution < 1.29 is 4.74 Å². The minimum Gasteiger partial charge on any atom is -0.372 e. The molecule has 3 heterocycles. The third kappa shape index (κ3) is 3.34. The number of aryl methyl sites for hydroxylation is 1. The van der Waals surface area contributed by atoms with Crippen molar-refractivity contribution in [3.8, 4) is 5.69 Å². The molecule has 1 unspecified atom stereocenters. The van der Waals surface area contributed by atoms with Crippen LogP contribution < -0.4 is 5.56 Å². The Balaban J connectivity index is 1.98. The van der Waals surface area contributed by atoms with Crippen LogP contribution in [0.5, 0.6) is 0 Å². The highest BCUT2D eigenvalue weighted by molar-refractivity contribution is 7.99. The molecule has 6 heteroatoms. The molecule has 4 rings (SSSR count). The van der Waals surface area contributed by atoms with Crippen molar-refractivity contribution in [2.45, 2.75) is 45.1 Å². The van der Waals surface area contributed by atoms with Crippen LogP contribution in [-0.4, -0.2) is 21.4 Å². The highest BCUT2D eigenvalue weighted by Gasteiger charge is 2.28. The zero-order valence-electron chi connectivity index (χ0n) is 16.4. The van der Waals surface area contributed by atoms with Crippen molar-refractivity contribution in [1.29, 1.82) is 0 Å². The van der Waals surface area contributed by atoms with Gasteiger partial charge >= 0.3 is 0 Å². The molecule has 28 heavy (non-hydrogen) atoms. The second-order valence-corrected chi connectivity index (χ2v) is 9.47. The molecule has 0 aliphatic carbocycles. The van der Waals surface area contributed by atoms with Crippen molar-refractivity contribution >= 4 is 33.3 Å². The molecule has 146 valence electrons. The Labute approximate surface area is 173 Å². The van der Waals surface area contributed by atoms with Gasteiger partial charge in [-0.1, -0.05) is 49.9 Å². The van der Waals surface area contributed by atoms with Crippen molar-refractivity contribution in [3.05, 3.63) is 63.3 Å². The first-order valence-corrected chi connectivity index (χ1v) is 11.3. The summed E-state index contributed by atoms with van der Waals surface area (Å²) in [6, 6.07) is 7.97. The van der Waals surface area contributed by atoms with E-state index in [-0.39, 0.29) is 11.7 Å². The molecule has 0 spiro atoms. The number of benzene rings is 1. The van der Waals surface area contributed by atoms with Crippen LogP contribution >= 0.6 is 23.1 Å². The summed E-state index contributed by atoms with van der Waals surface area (Å²) in [5, 5.41) is 1.48. The summed E-state index contributed by atoms with van der Waals surface area (Å²) in [6.45, 7) is 10.7. The number of rotatable bonds is 5. The fourth-order valence-electron chi connectivity index (χ4n) is 3.59. The first-order valence-electron chi connectivity index (χ1n) is 9.49.